The van der Waals surface area contributed by atoms with Crippen LogP contribution in [0.3, 0.4) is 0 Å². The van der Waals surface area contributed by atoms with Crippen LogP contribution in [0.25, 0.3) is 6.08 Å². The van der Waals surface area contributed by atoms with E-state index in [2.05, 4.69) is 10.1 Å². The first-order valence-electron chi connectivity index (χ1n) is 9.83. The van der Waals surface area contributed by atoms with Crippen molar-refractivity contribution in [3.8, 4) is 11.5 Å². The maximum absolute atomic E-state index is 12.4. The summed E-state index contributed by atoms with van der Waals surface area (Å²) in [6.45, 7) is 2.77. The number of benzene rings is 2. The summed E-state index contributed by atoms with van der Waals surface area (Å²) in [6, 6.07) is 14.7. The number of amidine groups is 2. The number of hydrogen-bond acceptors (Lipinski definition) is 8. The first-order valence-corrected chi connectivity index (χ1v) is 12.5. The van der Waals surface area contributed by atoms with Gasteiger partial charge in [-0.2, -0.15) is 10.0 Å². The normalized spacial score (nSPS) is 17.0. The van der Waals surface area contributed by atoms with Crippen molar-refractivity contribution in [2.45, 2.75) is 6.92 Å². The van der Waals surface area contributed by atoms with E-state index in [1.807, 2.05) is 31.2 Å². The van der Waals surface area contributed by atoms with Gasteiger partial charge in [-0.25, -0.2) is 8.42 Å². The van der Waals surface area contributed by atoms with Gasteiger partial charge in [-0.1, -0.05) is 29.8 Å². The van der Waals surface area contributed by atoms with E-state index in [0.29, 0.717) is 24.5 Å². The first-order chi connectivity index (χ1) is 15.7. The Bertz CT molecular complexity index is 1300. The van der Waals surface area contributed by atoms with E-state index in [-0.39, 0.29) is 21.0 Å². The van der Waals surface area contributed by atoms with Gasteiger partial charge in [-0.05, 0) is 54.6 Å². The lowest BCUT2D eigenvalue weighted by molar-refractivity contribution is -0.114. The number of hydrogen-bond donors (Lipinski definition) is 1. The second kappa shape index (κ2) is 9.20. The molecule has 2 aliphatic rings. The molecule has 1 amide bonds. The Morgan fingerprint density at radius 1 is 1.03 bits per heavy atom. The Balaban J connectivity index is 1.38. The molecule has 2 heterocycles. The van der Waals surface area contributed by atoms with E-state index >= 15 is 0 Å². The summed E-state index contributed by atoms with van der Waals surface area (Å²) in [7, 11) is -3.57. The Hall–Kier alpha value is -3.44. The van der Waals surface area contributed by atoms with Crippen molar-refractivity contribution in [2.24, 2.45) is 10.1 Å². The highest BCUT2D eigenvalue weighted by Gasteiger charge is 2.38. The topological polar surface area (TPSA) is 121 Å². The van der Waals surface area contributed by atoms with Crippen molar-refractivity contribution < 1.29 is 22.7 Å². The molecule has 33 heavy (non-hydrogen) atoms. The fourth-order valence-electron chi connectivity index (χ4n) is 2.90. The van der Waals surface area contributed by atoms with E-state index in [0.717, 1.165) is 34.3 Å². The molecule has 170 valence electrons. The highest BCUT2D eigenvalue weighted by molar-refractivity contribution is 8.42. The number of rotatable bonds is 6. The number of thioether (sulfide) groups is 1. The molecular weight excluding hydrogens is 464 g/mol. The molecule has 4 rings (SSSR count). The molecule has 0 saturated carbocycles. The van der Waals surface area contributed by atoms with Crippen molar-refractivity contribution >= 4 is 49.0 Å². The molecule has 0 fully saturated rings. The lowest BCUT2D eigenvalue weighted by atomic mass is 10.1. The van der Waals surface area contributed by atoms with E-state index in [1.54, 1.807) is 24.3 Å². The first kappa shape index (κ1) is 22.7. The third-order valence-corrected chi connectivity index (χ3v) is 7.16. The van der Waals surface area contributed by atoms with Crippen molar-refractivity contribution in [3.05, 3.63) is 65.2 Å². The third-order valence-electron chi connectivity index (χ3n) is 4.59. The molecule has 11 heteroatoms. The number of carbonyl (C=O) groups is 1. The maximum atomic E-state index is 12.4. The molecule has 2 aromatic rings. The van der Waals surface area contributed by atoms with Crippen LogP contribution in [-0.4, -0.2) is 54.2 Å². The number of nitrogens with one attached hydrogen (secondary N) is 1. The van der Waals surface area contributed by atoms with Gasteiger partial charge in [0.05, 0.1) is 5.57 Å². The number of fused-ring (bicyclic) bond motifs is 1. The Morgan fingerprint density at radius 2 is 1.61 bits per heavy atom. The molecule has 0 aliphatic carbocycles. The molecule has 0 atom stereocenters. The van der Waals surface area contributed by atoms with Crippen LogP contribution in [-0.2, 0) is 14.6 Å². The fraction of sp³-hybridized carbons (Fsp3) is 0.182. The number of hydrazone groups is 1. The number of amides is 1. The van der Waals surface area contributed by atoms with Crippen molar-refractivity contribution in [3.63, 3.8) is 0 Å². The summed E-state index contributed by atoms with van der Waals surface area (Å²) in [5.74, 6) is 0.552. The van der Waals surface area contributed by atoms with Gasteiger partial charge in [0.2, 0.25) is 19.4 Å². The highest BCUT2D eigenvalue weighted by atomic mass is 32.3. The minimum atomic E-state index is -3.57. The van der Waals surface area contributed by atoms with E-state index in [1.165, 1.54) is 6.08 Å². The molecule has 0 spiro atoms. The van der Waals surface area contributed by atoms with Crippen LogP contribution in [0.15, 0.2) is 64.2 Å². The van der Waals surface area contributed by atoms with Crippen LogP contribution in [0, 0.1) is 12.3 Å². The van der Waals surface area contributed by atoms with Gasteiger partial charge in [-0.3, -0.25) is 10.2 Å². The predicted molar refractivity (Wildman–Crippen MR) is 128 cm³/mol. The number of aryl methyl sites for hydroxylation is 1. The lowest BCUT2D eigenvalue weighted by Gasteiger charge is -2.20. The van der Waals surface area contributed by atoms with Crippen LogP contribution in [0.2, 0.25) is 0 Å². The number of ether oxygens (including phenoxy) is 2. The van der Waals surface area contributed by atoms with Gasteiger partial charge in [0.25, 0.3) is 5.91 Å². The maximum Gasteiger partial charge on any atom is 0.283 e. The summed E-state index contributed by atoms with van der Waals surface area (Å²) < 4.78 is 34.6. The zero-order valence-corrected chi connectivity index (χ0v) is 19.4. The standard InChI is InChI=1S/C22H20N4O5S2/c1-14-3-7-16(8-4-14)30-11-12-31-17-9-5-15(6-10-17)13-18-19(23)26-21(24-20(18)27)32-22(25-26)33(2,28)29/h3-10,13,23H,11-12H2,1-2H3/b18-13+,23-19?. The Labute approximate surface area is 195 Å². The van der Waals surface area contributed by atoms with Gasteiger partial charge in [0, 0.05) is 6.26 Å². The molecule has 0 saturated heterocycles. The minimum Gasteiger partial charge on any atom is -0.490 e. The van der Waals surface area contributed by atoms with E-state index in [9.17, 15) is 13.2 Å². The summed E-state index contributed by atoms with van der Waals surface area (Å²) in [4.78, 5) is 16.3. The molecule has 2 aromatic carbocycles. The average molecular weight is 485 g/mol. The second-order valence-corrected chi connectivity index (χ2v) is 10.4. The second-order valence-electron chi connectivity index (χ2n) is 7.24. The molecule has 2 aliphatic heterocycles. The number of sulfone groups is 1. The van der Waals surface area contributed by atoms with Gasteiger partial charge in [-0.15, -0.1) is 5.10 Å². The SMILES string of the molecule is Cc1ccc(OCCOc2ccc(/C=C3\C(=N)N4N=C(S(C)(=O)=O)SC4=NC3=O)cc2)cc1. The van der Waals surface area contributed by atoms with Crippen LogP contribution in [0.1, 0.15) is 11.1 Å². The molecule has 1 N–H and O–H groups in total. The molecule has 0 aromatic heterocycles. The Morgan fingerprint density at radius 3 is 2.18 bits per heavy atom. The molecule has 0 radical (unpaired) electrons. The average Bonchev–Trinajstić information content (AvgIpc) is 3.21. The van der Waals surface area contributed by atoms with Gasteiger partial charge in [0.15, 0.2) is 5.84 Å². The molecule has 9 nitrogen and oxygen atoms in total. The number of aliphatic imine (C=N–C) groups is 1. The quantitative estimate of drug-likeness (QED) is 0.494. The van der Waals surface area contributed by atoms with Crippen molar-refractivity contribution in [2.75, 3.05) is 19.5 Å². The predicted octanol–water partition coefficient (Wildman–Crippen LogP) is 3.07. The van der Waals surface area contributed by atoms with Crippen LogP contribution >= 0.6 is 11.8 Å². The third kappa shape index (κ3) is 5.32. The molecule has 0 bridgehead atoms. The monoisotopic (exact) mass is 484 g/mol. The van der Waals surface area contributed by atoms with E-state index < -0.39 is 15.7 Å². The van der Waals surface area contributed by atoms with Crippen molar-refractivity contribution in [1.29, 1.82) is 5.41 Å². The Kier molecular flexibility index (Phi) is 6.34. The summed E-state index contributed by atoms with van der Waals surface area (Å²) >= 11 is 0.750. The molecular formula is C22H20N4O5S2. The summed E-state index contributed by atoms with van der Waals surface area (Å²) in [5, 5.41) is 13.3. The van der Waals surface area contributed by atoms with Crippen LogP contribution in [0.4, 0.5) is 0 Å². The highest BCUT2D eigenvalue weighted by Crippen LogP contribution is 2.30. The summed E-state index contributed by atoms with van der Waals surface area (Å²) in [6.07, 6.45) is 2.52. The van der Waals surface area contributed by atoms with Gasteiger partial charge >= 0.3 is 0 Å². The van der Waals surface area contributed by atoms with Gasteiger partial charge < -0.3 is 9.47 Å². The lowest BCUT2D eigenvalue weighted by Crippen LogP contribution is -2.35. The number of carbonyl (C=O) groups excluding carboxylic acids is 1. The van der Waals surface area contributed by atoms with Crippen LogP contribution in [0.5, 0.6) is 11.5 Å². The fourth-order valence-corrected chi connectivity index (χ4v) is 4.59. The minimum absolute atomic E-state index is 0.0121. The van der Waals surface area contributed by atoms with Gasteiger partial charge in [0.1, 0.15) is 24.7 Å². The smallest absolute Gasteiger partial charge is 0.283 e. The zero-order valence-electron chi connectivity index (χ0n) is 17.8. The zero-order chi connectivity index (χ0) is 23.6. The molecule has 0 unspecified atom stereocenters. The van der Waals surface area contributed by atoms with Crippen LogP contribution < -0.4 is 9.47 Å². The largest absolute Gasteiger partial charge is 0.490 e. The van der Waals surface area contributed by atoms with E-state index in [4.69, 9.17) is 14.9 Å². The summed E-state index contributed by atoms with van der Waals surface area (Å²) in [5.41, 5.74) is 1.83. The number of nitrogens with zero attached hydrogens (tertiary/aromatic N) is 3. The van der Waals surface area contributed by atoms with Crippen molar-refractivity contribution in [1.82, 2.24) is 5.01 Å².